The van der Waals surface area contributed by atoms with Crippen LogP contribution in [0.15, 0.2) is 47.4 Å². The summed E-state index contributed by atoms with van der Waals surface area (Å²) >= 11 is 0. The zero-order chi connectivity index (χ0) is 30.3. The number of anilines is 1. The minimum atomic E-state index is -4.29. The number of benzene rings is 1. The number of nitrogens with two attached hydrogens (primary N) is 1. The third-order valence-electron chi connectivity index (χ3n) is 7.12. The van der Waals surface area contributed by atoms with Crippen molar-refractivity contribution in [2.45, 2.75) is 71.1 Å². The third-order valence-corrected chi connectivity index (χ3v) is 8.66. The van der Waals surface area contributed by atoms with Crippen LogP contribution in [-0.4, -0.2) is 58.3 Å². The molecular formula is C27H42N4O9P+. The summed E-state index contributed by atoms with van der Waals surface area (Å²) in [5.74, 6) is -0.342. The predicted octanol–water partition coefficient (Wildman–Crippen LogP) is 1.67. The largest absolute Gasteiger partial charge is 0.501 e. The van der Waals surface area contributed by atoms with E-state index in [2.05, 4.69) is 5.09 Å². The van der Waals surface area contributed by atoms with Crippen LogP contribution >= 0.6 is 7.75 Å². The summed E-state index contributed by atoms with van der Waals surface area (Å²) in [6.45, 7) is 7.28. The molecule has 0 bridgehead atoms. The molecule has 1 aromatic heterocycles. The number of aliphatic hydroxyl groups is 2. The quantitative estimate of drug-likeness (QED) is 0.142. The lowest BCUT2D eigenvalue weighted by Gasteiger charge is -2.28. The van der Waals surface area contributed by atoms with Crippen molar-refractivity contribution in [1.29, 1.82) is 0 Å². The van der Waals surface area contributed by atoms with E-state index in [0.29, 0.717) is 0 Å². The molecule has 14 heteroatoms. The zero-order valence-corrected chi connectivity index (χ0v) is 25.0. The molecule has 0 saturated carbocycles. The average molecular weight is 598 g/mol. The fourth-order valence-electron chi connectivity index (χ4n) is 4.25. The lowest BCUT2D eigenvalue weighted by molar-refractivity contribution is -0.781. The van der Waals surface area contributed by atoms with Gasteiger partial charge in [0.25, 0.3) is 0 Å². The Balaban J connectivity index is 1.80. The van der Waals surface area contributed by atoms with Crippen molar-refractivity contribution in [2.75, 3.05) is 18.9 Å². The first-order chi connectivity index (χ1) is 19.4. The third kappa shape index (κ3) is 8.15. The van der Waals surface area contributed by atoms with Crippen LogP contribution < -0.4 is 25.6 Å². The van der Waals surface area contributed by atoms with Crippen molar-refractivity contribution in [1.82, 2.24) is 9.65 Å². The van der Waals surface area contributed by atoms with Crippen molar-refractivity contribution < 1.29 is 42.7 Å². The number of carbonyl (C=O) groups is 1. The maximum absolute atomic E-state index is 14.0. The van der Waals surface area contributed by atoms with Crippen molar-refractivity contribution >= 4 is 19.5 Å². The van der Waals surface area contributed by atoms with Gasteiger partial charge in [-0.05, 0) is 24.0 Å². The van der Waals surface area contributed by atoms with Crippen molar-refractivity contribution in [2.24, 2.45) is 18.9 Å². The van der Waals surface area contributed by atoms with Gasteiger partial charge in [-0.1, -0.05) is 58.7 Å². The number of nitrogen functional groups attached to an aromatic ring is 1. The minimum absolute atomic E-state index is 0.197. The smallest absolute Gasteiger partial charge is 0.464 e. The van der Waals surface area contributed by atoms with Crippen LogP contribution in [0.2, 0.25) is 0 Å². The zero-order valence-electron chi connectivity index (χ0n) is 24.1. The van der Waals surface area contributed by atoms with Gasteiger partial charge in [-0.2, -0.15) is 19.0 Å². The van der Waals surface area contributed by atoms with Crippen LogP contribution in [0.25, 0.3) is 0 Å². The van der Waals surface area contributed by atoms with E-state index in [0.717, 1.165) is 22.0 Å². The van der Waals surface area contributed by atoms with Crippen LogP contribution in [0.4, 0.5) is 5.82 Å². The molecule has 1 aliphatic heterocycles. The Morgan fingerprint density at radius 3 is 2.44 bits per heavy atom. The van der Waals surface area contributed by atoms with Crippen molar-refractivity contribution in [3.8, 4) is 5.75 Å². The van der Waals surface area contributed by atoms with Gasteiger partial charge in [-0.15, -0.1) is 0 Å². The minimum Gasteiger partial charge on any atom is -0.464 e. The number of para-hydroxylation sites is 1. The van der Waals surface area contributed by atoms with Gasteiger partial charge in [0.1, 0.15) is 36.3 Å². The Kier molecular flexibility index (Phi) is 11.5. The Morgan fingerprint density at radius 2 is 1.83 bits per heavy atom. The average Bonchev–Trinajstić information content (AvgIpc) is 3.23. The number of hydrogen-bond donors (Lipinski definition) is 4. The van der Waals surface area contributed by atoms with Gasteiger partial charge in [-0.3, -0.25) is 9.32 Å². The summed E-state index contributed by atoms with van der Waals surface area (Å²) in [7, 11) is -2.84. The maximum Gasteiger partial charge on any atom is 0.501 e. The topological polar surface area (TPSA) is 175 Å². The van der Waals surface area contributed by atoms with Crippen LogP contribution in [0.3, 0.4) is 0 Å². The Morgan fingerprint density at radius 1 is 1.17 bits per heavy atom. The molecule has 6 atom stereocenters. The van der Waals surface area contributed by atoms with Crippen LogP contribution in [0.5, 0.6) is 5.75 Å². The number of carbonyl (C=O) groups excluding carboxylic acids is 1. The molecule has 1 aliphatic rings. The summed E-state index contributed by atoms with van der Waals surface area (Å²) in [5.41, 5.74) is 5.18. The summed E-state index contributed by atoms with van der Waals surface area (Å²) in [6, 6.07) is 8.66. The van der Waals surface area contributed by atoms with Gasteiger partial charge in [0.05, 0.1) is 20.3 Å². The SMILES string of the molecule is CCC(CC)COC(=O)C(NP(=O)(OC[C@H]1O[C@@H]([n+]2ccc(N)n(C)c2=O)C(O)[C@H]1O)Oc1ccccc1)C(C)C. The Bertz CT molecular complexity index is 1260. The highest BCUT2D eigenvalue weighted by Crippen LogP contribution is 2.46. The number of esters is 1. The van der Waals surface area contributed by atoms with E-state index < -0.39 is 56.6 Å². The molecule has 1 saturated heterocycles. The van der Waals surface area contributed by atoms with E-state index in [9.17, 15) is 24.4 Å². The molecule has 3 unspecified atom stereocenters. The second kappa shape index (κ2) is 14.4. The van der Waals surface area contributed by atoms with Gasteiger partial charge in [0.15, 0.2) is 5.82 Å². The summed E-state index contributed by atoms with van der Waals surface area (Å²) < 4.78 is 39.0. The van der Waals surface area contributed by atoms with Gasteiger partial charge in [0, 0.05) is 6.07 Å². The van der Waals surface area contributed by atoms with Gasteiger partial charge in [0.2, 0.25) is 6.23 Å². The molecule has 41 heavy (non-hydrogen) atoms. The van der Waals surface area contributed by atoms with E-state index in [1.807, 2.05) is 13.8 Å². The first-order valence-electron chi connectivity index (χ1n) is 13.7. The van der Waals surface area contributed by atoms with Crippen molar-refractivity contribution in [3.63, 3.8) is 0 Å². The molecule has 3 rings (SSSR count). The summed E-state index contributed by atoms with van der Waals surface area (Å²) in [4.78, 5) is 25.7. The van der Waals surface area contributed by atoms with Crippen LogP contribution in [0, 0.1) is 11.8 Å². The normalized spacial score (nSPS) is 23.0. The number of aromatic nitrogens is 2. The second-order valence-electron chi connectivity index (χ2n) is 10.4. The lowest BCUT2D eigenvalue weighted by Crippen LogP contribution is -2.59. The highest BCUT2D eigenvalue weighted by Gasteiger charge is 2.48. The number of nitrogens with one attached hydrogen (secondary N) is 1. The number of hydrogen-bond acceptors (Lipinski definition) is 10. The molecular weight excluding hydrogens is 555 g/mol. The van der Waals surface area contributed by atoms with E-state index in [1.54, 1.807) is 44.2 Å². The molecule has 13 nitrogen and oxygen atoms in total. The highest BCUT2D eigenvalue weighted by molar-refractivity contribution is 7.52. The Hall–Kier alpha value is -2.80. The molecule has 0 radical (unpaired) electrons. The fourth-order valence-corrected chi connectivity index (χ4v) is 5.91. The second-order valence-corrected chi connectivity index (χ2v) is 12.1. The Labute approximate surface area is 239 Å². The molecule has 0 aliphatic carbocycles. The first-order valence-corrected chi connectivity index (χ1v) is 15.3. The van der Waals surface area contributed by atoms with E-state index in [-0.39, 0.29) is 30.0 Å². The monoisotopic (exact) mass is 597 g/mol. The molecule has 1 aromatic carbocycles. The summed E-state index contributed by atoms with van der Waals surface area (Å²) in [6.07, 6.45) is -2.42. The molecule has 228 valence electrons. The van der Waals surface area contributed by atoms with Crippen molar-refractivity contribution in [3.05, 3.63) is 53.1 Å². The van der Waals surface area contributed by atoms with Gasteiger partial charge >= 0.3 is 19.4 Å². The number of aliphatic hydroxyl groups excluding tert-OH is 2. The highest BCUT2D eigenvalue weighted by atomic mass is 31.2. The first kappa shape index (κ1) is 32.7. The fraction of sp³-hybridized carbons (Fsp3) is 0.593. The molecule has 2 heterocycles. The van der Waals surface area contributed by atoms with E-state index in [1.165, 1.54) is 19.3 Å². The number of nitrogens with zero attached hydrogens (tertiary/aromatic N) is 2. The maximum atomic E-state index is 14.0. The standard InChI is InChI=1S/C27H41N4O9P/c1-6-18(7-2)15-37-26(34)22(17(3)4)29-41(36,40-19-11-9-8-10-12-19)38-16-20-23(32)24(33)25(39-20)31-14-13-21(28)30(5)27(31)35/h8-14,17-18,20,22-25,28,32-33H,6-7,15-16H2,1-5H3,(H,29,36)/p+1/t20-,22?,23+,24?,25-,41?/m1/s1. The molecule has 0 amide bonds. The molecule has 0 spiro atoms. The number of ether oxygens (including phenoxy) is 2. The van der Waals surface area contributed by atoms with Gasteiger partial charge in [-0.25, -0.2) is 4.57 Å². The van der Waals surface area contributed by atoms with Crippen LogP contribution in [-0.2, 0) is 30.4 Å². The van der Waals surface area contributed by atoms with E-state index >= 15 is 0 Å². The van der Waals surface area contributed by atoms with Crippen LogP contribution in [0.1, 0.15) is 46.8 Å². The molecule has 1 fully saturated rings. The molecule has 5 N–H and O–H groups in total. The van der Waals surface area contributed by atoms with Gasteiger partial charge < -0.3 is 29.9 Å². The molecule has 2 aromatic rings. The lowest BCUT2D eigenvalue weighted by atomic mass is 10.0. The van der Waals surface area contributed by atoms with E-state index in [4.69, 9.17) is 24.3 Å². The number of rotatable bonds is 14. The summed E-state index contributed by atoms with van der Waals surface area (Å²) in [5, 5.41) is 24.1. The predicted molar refractivity (Wildman–Crippen MR) is 150 cm³/mol.